The largest absolute Gasteiger partial charge is 0.389 e. The summed E-state index contributed by atoms with van der Waals surface area (Å²) in [5.41, 5.74) is 8.36. The molecule has 0 aliphatic carbocycles. The Morgan fingerprint density at radius 1 is 1.40 bits per heavy atom. The van der Waals surface area contributed by atoms with Gasteiger partial charge in [-0.15, -0.1) is 0 Å². The molecule has 1 heterocycles. The van der Waals surface area contributed by atoms with Gasteiger partial charge in [-0.05, 0) is 31.9 Å². The highest BCUT2D eigenvalue weighted by molar-refractivity contribution is 7.80. The molecule has 0 fully saturated rings. The van der Waals surface area contributed by atoms with E-state index >= 15 is 0 Å². The molecule has 0 aliphatic heterocycles. The molecule has 6 heteroatoms. The number of pyridine rings is 1. The Balaban J connectivity index is 2.68. The lowest BCUT2D eigenvalue weighted by Gasteiger charge is -2.13. The molecular formula is C14H22N4OS. The van der Waals surface area contributed by atoms with Gasteiger partial charge in [0.05, 0.1) is 5.56 Å². The normalized spacial score (nSPS) is 10.2. The Hall–Kier alpha value is -1.69. The van der Waals surface area contributed by atoms with E-state index in [4.69, 9.17) is 18.0 Å². The van der Waals surface area contributed by atoms with Crippen LogP contribution in [0.4, 0.5) is 5.82 Å². The molecule has 0 aliphatic rings. The van der Waals surface area contributed by atoms with Gasteiger partial charge in [0.15, 0.2) is 0 Å². The van der Waals surface area contributed by atoms with Gasteiger partial charge in [-0.3, -0.25) is 4.79 Å². The monoisotopic (exact) mass is 294 g/mol. The molecule has 1 aromatic heterocycles. The number of amides is 1. The van der Waals surface area contributed by atoms with Gasteiger partial charge in [-0.2, -0.15) is 0 Å². The summed E-state index contributed by atoms with van der Waals surface area (Å²) in [6.07, 6.45) is 1.33. The lowest BCUT2D eigenvalue weighted by Crippen LogP contribution is -2.26. The molecule has 110 valence electrons. The highest BCUT2D eigenvalue weighted by Crippen LogP contribution is 2.18. The van der Waals surface area contributed by atoms with E-state index in [1.165, 1.54) is 0 Å². The summed E-state index contributed by atoms with van der Waals surface area (Å²) >= 11 is 5.06. The minimum Gasteiger partial charge on any atom is -0.389 e. The van der Waals surface area contributed by atoms with E-state index in [2.05, 4.69) is 15.6 Å². The van der Waals surface area contributed by atoms with Crippen molar-refractivity contribution in [2.75, 3.05) is 18.4 Å². The predicted molar refractivity (Wildman–Crippen MR) is 86.0 cm³/mol. The van der Waals surface area contributed by atoms with E-state index in [1.807, 2.05) is 26.8 Å². The van der Waals surface area contributed by atoms with Gasteiger partial charge in [0.1, 0.15) is 10.8 Å². The minimum absolute atomic E-state index is 0.0283. The molecule has 0 unspecified atom stereocenters. The molecule has 0 saturated heterocycles. The van der Waals surface area contributed by atoms with Crippen molar-refractivity contribution < 1.29 is 4.79 Å². The number of carbonyl (C=O) groups excluding carboxylic acids is 1. The van der Waals surface area contributed by atoms with Crippen molar-refractivity contribution in [1.82, 2.24) is 10.3 Å². The number of hydrogen-bond donors (Lipinski definition) is 3. The van der Waals surface area contributed by atoms with E-state index in [9.17, 15) is 4.79 Å². The topological polar surface area (TPSA) is 80.0 Å². The average Bonchev–Trinajstić information content (AvgIpc) is 2.34. The Bertz CT molecular complexity index is 502. The number of rotatable bonds is 7. The first-order valence-electron chi connectivity index (χ1n) is 6.74. The van der Waals surface area contributed by atoms with Crippen LogP contribution in [-0.4, -0.2) is 29.0 Å². The first kappa shape index (κ1) is 16.4. The summed E-state index contributed by atoms with van der Waals surface area (Å²) in [6.45, 7) is 7.09. The van der Waals surface area contributed by atoms with Crippen LogP contribution in [0.3, 0.4) is 0 Å². The molecule has 20 heavy (non-hydrogen) atoms. The van der Waals surface area contributed by atoms with E-state index < -0.39 is 0 Å². The number of aryl methyl sites for hydroxylation is 2. The lowest BCUT2D eigenvalue weighted by molar-refractivity contribution is -0.120. The summed E-state index contributed by atoms with van der Waals surface area (Å²) in [4.78, 5) is 16.2. The van der Waals surface area contributed by atoms with Crippen LogP contribution < -0.4 is 16.4 Å². The van der Waals surface area contributed by atoms with E-state index in [1.54, 1.807) is 0 Å². The molecular weight excluding hydrogens is 272 g/mol. The Labute approximate surface area is 125 Å². The van der Waals surface area contributed by atoms with Gasteiger partial charge in [-0.1, -0.05) is 19.1 Å². The fraction of sp³-hybridized carbons (Fsp3) is 0.500. The molecule has 0 saturated carbocycles. The number of thiocarbonyl (C=S) groups is 1. The Morgan fingerprint density at radius 2 is 2.10 bits per heavy atom. The second-order valence-corrected chi connectivity index (χ2v) is 5.13. The van der Waals surface area contributed by atoms with Crippen molar-refractivity contribution in [3.05, 3.63) is 22.9 Å². The number of nitrogens with two attached hydrogens (primary N) is 1. The quantitative estimate of drug-likeness (QED) is 0.667. The van der Waals surface area contributed by atoms with Crippen molar-refractivity contribution in [3.63, 3.8) is 0 Å². The van der Waals surface area contributed by atoms with E-state index in [0.29, 0.717) is 30.3 Å². The van der Waals surface area contributed by atoms with Gasteiger partial charge in [0.25, 0.3) is 0 Å². The van der Waals surface area contributed by atoms with Gasteiger partial charge < -0.3 is 16.4 Å². The first-order valence-corrected chi connectivity index (χ1v) is 7.15. The fourth-order valence-corrected chi connectivity index (χ4v) is 2.18. The molecule has 0 atom stereocenters. The Morgan fingerprint density at radius 3 is 2.70 bits per heavy atom. The predicted octanol–water partition coefficient (Wildman–Crippen LogP) is 1.66. The highest BCUT2D eigenvalue weighted by atomic mass is 32.1. The van der Waals surface area contributed by atoms with Crippen LogP contribution in [0.15, 0.2) is 6.07 Å². The standard InChI is InChI=1S/C14H22N4OS/c1-4-6-16-11(19)5-7-17-14-12(13(15)20)9(2)8-10(3)18-14/h8H,4-7H2,1-3H3,(H2,15,20)(H,16,19)(H,17,18). The lowest BCUT2D eigenvalue weighted by atomic mass is 10.1. The third-order valence-corrected chi connectivity index (χ3v) is 3.01. The maximum atomic E-state index is 11.5. The third-order valence-electron chi connectivity index (χ3n) is 2.81. The van der Waals surface area contributed by atoms with Gasteiger partial charge in [0.2, 0.25) is 5.91 Å². The third kappa shape index (κ3) is 4.77. The SMILES string of the molecule is CCCNC(=O)CCNc1nc(C)cc(C)c1C(N)=S. The molecule has 1 rings (SSSR count). The van der Waals surface area contributed by atoms with E-state index in [0.717, 1.165) is 23.2 Å². The van der Waals surface area contributed by atoms with Crippen LogP contribution in [-0.2, 0) is 4.79 Å². The number of nitrogens with one attached hydrogen (secondary N) is 2. The fourth-order valence-electron chi connectivity index (χ4n) is 1.92. The van der Waals surface area contributed by atoms with Gasteiger partial charge >= 0.3 is 0 Å². The summed E-state index contributed by atoms with van der Waals surface area (Å²) < 4.78 is 0. The molecule has 1 amide bonds. The maximum Gasteiger partial charge on any atom is 0.221 e. The number of hydrogen-bond acceptors (Lipinski definition) is 4. The van der Waals surface area contributed by atoms with Crippen molar-refractivity contribution in [1.29, 1.82) is 0 Å². The maximum absolute atomic E-state index is 11.5. The summed E-state index contributed by atoms with van der Waals surface area (Å²) in [5.74, 6) is 0.680. The smallest absolute Gasteiger partial charge is 0.221 e. The summed E-state index contributed by atoms with van der Waals surface area (Å²) in [7, 11) is 0. The van der Waals surface area contributed by atoms with Crippen LogP contribution >= 0.6 is 12.2 Å². The number of aromatic nitrogens is 1. The van der Waals surface area contributed by atoms with Gasteiger partial charge in [-0.25, -0.2) is 4.98 Å². The molecule has 0 bridgehead atoms. The van der Waals surface area contributed by atoms with Crippen LogP contribution in [0.25, 0.3) is 0 Å². The molecule has 0 radical (unpaired) electrons. The number of carbonyl (C=O) groups is 1. The zero-order valence-electron chi connectivity index (χ0n) is 12.2. The van der Waals surface area contributed by atoms with Crippen molar-refractivity contribution >= 4 is 28.9 Å². The minimum atomic E-state index is 0.0283. The first-order chi connectivity index (χ1) is 9.45. The second kappa shape index (κ2) is 7.79. The van der Waals surface area contributed by atoms with E-state index in [-0.39, 0.29) is 5.91 Å². The highest BCUT2D eigenvalue weighted by Gasteiger charge is 2.11. The number of nitrogens with zero attached hydrogens (tertiary/aromatic N) is 1. The molecule has 1 aromatic rings. The Kier molecular flexibility index (Phi) is 6.38. The zero-order chi connectivity index (χ0) is 15.1. The van der Waals surface area contributed by atoms with Gasteiger partial charge in [0, 0.05) is 25.2 Å². The van der Waals surface area contributed by atoms with Crippen molar-refractivity contribution in [3.8, 4) is 0 Å². The number of anilines is 1. The van der Waals surface area contributed by atoms with Crippen molar-refractivity contribution in [2.45, 2.75) is 33.6 Å². The molecule has 0 aromatic carbocycles. The molecule has 5 nitrogen and oxygen atoms in total. The molecule has 0 spiro atoms. The van der Waals surface area contributed by atoms with Crippen LogP contribution in [0.5, 0.6) is 0 Å². The van der Waals surface area contributed by atoms with Crippen molar-refractivity contribution in [2.24, 2.45) is 5.73 Å². The average molecular weight is 294 g/mol. The van der Waals surface area contributed by atoms with Crippen LogP contribution in [0.1, 0.15) is 36.6 Å². The van der Waals surface area contributed by atoms with Crippen LogP contribution in [0.2, 0.25) is 0 Å². The summed E-state index contributed by atoms with van der Waals surface area (Å²) in [6, 6.07) is 1.94. The second-order valence-electron chi connectivity index (χ2n) is 4.70. The van der Waals surface area contributed by atoms with Crippen LogP contribution in [0, 0.1) is 13.8 Å². The summed E-state index contributed by atoms with van der Waals surface area (Å²) in [5, 5.41) is 5.97. The molecule has 4 N–H and O–H groups in total. The zero-order valence-corrected chi connectivity index (χ0v) is 13.1.